The number of carbonyl (C=O) groups excluding carboxylic acids is 1. The van der Waals surface area contributed by atoms with Crippen LogP contribution >= 0.6 is 15.9 Å². The van der Waals surface area contributed by atoms with Crippen LogP contribution in [0.3, 0.4) is 0 Å². The molecule has 0 fully saturated rings. The first-order valence-electron chi connectivity index (χ1n) is 5.53. The van der Waals surface area contributed by atoms with Crippen LogP contribution in [0.1, 0.15) is 15.9 Å². The minimum Gasteiger partial charge on any atom is -0.505 e. The van der Waals surface area contributed by atoms with Crippen LogP contribution in [-0.2, 0) is 0 Å². The molecule has 0 aliphatic rings. The second-order valence-corrected chi connectivity index (χ2v) is 4.94. The molecule has 5 heteroatoms. The Bertz CT molecular complexity index is 643. The van der Waals surface area contributed by atoms with Gasteiger partial charge in [0.25, 0.3) is 5.91 Å². The number of carbonyl (C=O) groups is 1. The number of hydrogen-bond donors (Lipinski definition) is 2. The van der Waals surface area contributed by atoms with Gasteiger partial charge in [0.1, 0.15) is 0 Å². The number of nitrogens with one attached hydrogen (secondary N) is 1. The van der Waals surface area contributed by atoms with Gasteiger partial charge < -0.3 is 10.4 Å². The Hall–Kier alpha value is -1.88. The lowest BCUT2D eigenvalue weighted by atomic mass is 10.1. The van der Waals surface area contributed by atoms with Gasteiger partial charge in [-0.3, -0.25) is 4.79 Å². The van der Waals surface area contributed by atoms with Crippen molar-refractivity contribution < 1.29 is 14.3 Å². The molecule has 0 radical (unpaired) electrons. The van der Waals surface area contributed by atoms with Crippen molar-refractivity contribution in [1.82, 2.24) is 0 Å². The summed E-state index contributed by atoms with van der Waals surface area (Å²) in [5.41, 5.74) is 1.71. The zero-order chi connectivity index (χ0) is 14.0. The number of benzene rings is 2. The van der Waals surface area contributed by atoms with Crippen LogP contribution in [0.15, 0.2) is 40.9 Å². The number of hydrogen-bond acceptors (Lipinski definition) is 2. The molecular weight excluding hydrogens is 313 g/mol. The Balaban J connectivity index is 2.20. The van der Waals surface area contributed by atoms with Gasteiger partial charge in [0, 0.05) is 21.8 Å². The van der Waals surface area contributed by atoms with Crippen LogP contribution in [0, 0.1) is 12.7 Å². The summed E-state index contributed by atoms with van der Waals surface area (Å²) in [6.45, 7) is 1.88. The molecule has 0 spiro atoms. The van der Waals surface area contributed by atoms with E-state index in [4.69, 9.17) is 5.11 Å². The highest BCUT2D eigenvalue weighted by Crippen LogP contribution is 2.21. The summed E-state index contributed by atoms with van der Waals surface area (Å²) in [6, 6.07) is 8.87. The monoisotopic (exact) mass is 323 g/mol. The first kappa shape index (κ1) is 13.5. The van der Waals surface area contributed by atoms with Crippen molar-refractivity contribution in [3.8, 4) is 5.75 Å². The van der Waals surface area contributed by atoms with Gasteiger partial charge in [0.15, 0.2) is 11.6 Å². The first-order chi connectivity index (χ1) is 8.97. The molecule has 0 unspecified atom stereocenters. The van der Waals surface area contributed by atoms with Crippen molar-refractivity contribution in [3.63, 3.8) is 0 Å². The third-order valence-electron chi connectivity index (χ3n) is 2.63. The summed E-state index contributed by atoms with van der Waals surface area (Å²) in [5, 5.41) is 11.6. The van der Waals surface area contributed by atoms with Crippen molar-refractivity contribution in [3.05, 3.63) is 57.8 Å². The highest BCUT2D eigenvalue weighted by molar-refractivity contribution is 9.10. The largest absolute Gasteiger partial charge is 0.505 e. The molecule has 0 saturated heterocycles. The van der Waals surface area contributed by atoms with E-state index in [1.807, 2.05) is 6.92 Å². The quantitative estimate of drug-likeness (QED) is 0.824. The summed E-state index contributed by atoms with van der Waals surface area (Å²) in [4.78, 5) is 12.0. The van der Waals surface area contributed by atoms with Gasteiger partial charge in [-0.1, -0.05) is 15.9 Å². The normalized spacial score (nSPS) is 10.3. The van der Waals surface area contributed by atoms with E-state index in [1.165, 1.54) is 12.1 Å². The van der Waals surface area contributed by atoms with Crippen LogP contribution in [-0.4, -0.2) is 11.0 Å². The topological polar surface area (TPSA) is 49.3 Å². The van der Waals surface area contributed by atoms with Gasteiger partial charge in [0.2, 0.25) is 0 Å². The molecule has 2 N–H and O–H groups in total. The van der Waals surface area contributed by atoms with E-state index in [1.54, 1.807) is 18.2 Å². The zero-order valence-electron chi connectivity index (χ0n) is 10.1. The third-order valence-corrected chi connectivity index (χ3v) is 3.52. The summed E-state index contributed by atoms with van der Waals surface area (Å²) < 4.78 is 14.1. The minimum absolute atomic E-state index is 0.292. The maximum atomic E-state index is 13.1. The molecule has 19 heavy (non-hydrogen) atoms. The fraction of sp³-hybridized carbons (Fsp3) is 0.0714. The van der Waals surface area contributed by atoms with Crippen molar-refractivity contribution in [2.75, 3.05) is 5.32 Å². The van der Waals surface area contributed by atoms with E-state index < -0.39 is 11.6 Å². The third kappa shape index (κ3) is 3.12. The van der Waals surface area contributed by atoms with E-state index in [2.05, 4.69) is 21.2 Å². The molecule has 0 bridgehead atoms. The first-order valence-corrected chi connectivity index (χ1v) is 6.32. The Morgan fingerprint density at radius 1 is 1.26 bits per heavy atom. The van der Waals surface area contributed by atoms with Gasteiger partial charge >= 0.3 is 0 Å². The van der Waals surface area contributed by atoms with Gasteiger partial charge in [-0.25, -0.2) is 4.39 Å². The Morgan fingerprint density at radius 2 is 2.00 bits per heavy atom. The molecule has 0 heterocycles. The van der Waals surface area contributed by atoms with Gasteiger partial charge in [-0.05, 0) is 42.8 Å². The molecule has 0 aromatic heterocycles. The Morgan fingerprint density at radius 3 is 2.63 bits per heavy atom. The number of aromatic hydroxyl groups is 1. The van der Waals surface area contributed by atoms with Crippen molar-refractivity contribution in [1.29, 1.82) is 0 Å². The highest BCUT2D eigenvalue weighted by Gasteiger charge is 2.09. The highest BCUT2D eigenvalue weighted by atomic mass is 79.9. The molecule has 3 nitrogen and oxygen atoms in total. The van der Waals surface area contributed by atoms with Crippen molar-refractivity contribution >= 4 is 27.5 Å². The molecular formula is C14H11BrFNO2. The smallest absolute Gasteiger partial charge is 0.255 e. The molecule has 2 rings (SSSR count). The Labute approximate surface area is 118 Å². The maximum absolute atomic E-state index is 13.1. The standard InChI is InChI=1S/C14H11BrFNO2/c1-8-6-9(2-4-11(8)15)14(19)17-10-3-5-13(18)12(16)7-10/h2-7,18H,1H3,(H,17,19). The predicted molar refractivity (Wildman–Crippen MR) is 74.9 cm³/mol. The number of amides is 1. The van der Waals surface area contributed by atoms with Crippen LogP contribution in [0.4, 0.5) is 10.1 Å². The lowest BCUT2D eigenvalue weighted by Crippen LogP contribution is -2.12. The number of aryl methyl sites for hydroxylation is 1. The molecule has 1 amide bonds. The second kappa shape index (κ2) is 5.40. The lowest BCUT2D eigenvalue weighted by Gasteiger charge is -2.07. The molecule has 0 saturated carbocycles. The van der Waals surface area contributed by atoms with Gasteiger partial charge in [-0.15, -0.1) is 0 Å². The summed E-state index contributed by atoms with van der Waals surface area (Å²) >= 11 is 3.35. The average Bonchev–Trinajstić information content (AvgIpc) is 2.37. The lowest BCUT2D eigenvalue weighted by molar-refractivity contribution is 0.102. The second-order valence-electron chi connectivity index (χ2n) is 4.08. The molecule has 98 valence electrons. The van der Waals surface area contributed by atoms with Crippen LogP contribution in [0.25, 0.3) is 0 Å². The molecule has 0 aliphatic carbocycles. The fourth-order valence-electron chi connectivity index (χ4n) is 1.57. The number of anilines is 1. The minimum atomic E-state index is -0.773. The van der Waals surface area contributed by atoms with E-state index in [-0.39, 0.29) is 5.91 Å². The van der Waals surface area contributed by atoms with E-state index in [0.717, 1.165) is 16.1 Å². The van der Waals surface area contributed by atoms with Gasteiger partial charge in [-0.2, -0.15) is 0 Å². The van der Waals surface area contributed by atoms with E-state index in [9.17, 15) is 9.18 Å². The zero-order valence-corrected chi connectivity index (χ0v) is 11.7. The fourth-order valence-corrected chi connectivity index (χ4v) is 1.82. The number of rotatable bonds is 2. The van der Waals surface area contributed by atoms with Crippen LogP contribution in [0.5, 0.6) is 5.75 Å². The van der Waals surface area contributed by atoms with Crippen LogP contribution < -0.4 is 5.32 Å². The SMILES string of the molecule is Cc1cc(C(=O)Nc2ccc(O)c(F)c2)ccc1Br. The molecule has 0 atom stereocenters. The van der Waals surface area contributed by atoms with E-state index >= 15 is 0 Å². The number of halogens is 2. The predicted octanol–water partition coefficient (Wildman–Crippen LogP) is 3.85. The maximum Gasteiger partial charge on any atom is 0.255 e. The van der Waals surface area contributed by atoms with Crippen molar-refractivity contribution in [2.24, 2.45) is 0 Å². The molecule has 2 aromatic rings. The molecule has 0 aliphatic heterocycles. The number of phenolic OH excluding ortho intramolecular Hbond substituents is 1. The summed E-state index contributed by atoms with van der Waals surface area (Å²) in [5.74, 6) is -1.55. The van der Waals surface area contributed by atoms with Crippen LogP contribution in [0.2, 0.25) is 0 Å². The number of phenols is 1. The average molecular weight is 324 g/mol. The van der Waals surface area contributed by atoms with E-state index in [0.29, 0.717) is 11.3 Å². The van der Waals surface area contributed by atoms with Gasteiger partial charge in [0.05, 0.1) is 0 Å². The Kier molecular flexibility index (Phi) is 3.85. The van der Waals surface area contributed by atoms with Crippen molar-refractivity contribution in [2.45, 2.75) is 6.92 Å². The summed E-state index contributed by atoms with van der Waals surface area (Å²) in [6.07, 6.45) is 0. The molecule has 2 aromatic carbocycles. The summed E-state index contributed by atoms with van der Waals surface area (Å²) in [7, 11) is 0.